The number of phenols is 1. The van der Waals surface area contributed by atoms with Crippen LogP contribution in [0, 0.1) is 11.8 Å². The van der Waals surface area contributed by atoms with Gasteiger partial charge in [-0.15, -0.1) is 0 Å². The summed E-state index contributed by atoms with van der Waals surface area (Å²) in [5, 5.41) is 20.0. The van der Waals surface area contributed by atoms with Crippen LogP contribution in [-0.4, -0.2) is 60.7 Å². The molecule has 7 nitrogen and oxygen atoms in total. The van der Waals surface area contributed by atoms with Crippen LogP contribution in [0.5, 0.6) is 11.5 Å². The summed E-state index contributed by atoms with van der Waals surface area (Å²) in [6.07, 6.45) is 8.84. The van der Waals surface area contributed by atoms with E-state index in [4.69, 9.17) is 4.74 Å². The standard InChI is InChI=1S/C31H43N3O4S/c1-38-25-13-11-22(12-14-25)19-29(39-21-23-7-3-2-4-8-23)27(34-30(36)24-15-17-32-18-16-24)20-33-31(37)26-9-5-6-10-28(26)35/h5-6,9-14,23-24,27,29,32,35H,2-4,7-8,15-21H2,1H3,(H,33,37)(H,34,36). The van der Waals surface area contributed by atoms with Crippen LogP contribution in [0.2, 0.25) is 0 Å². The second-order valence-electron chi connectivity index (χ2n) is 10.8. The van der Waals surface area contributed by atoms with Crippen LogP contribution in [0.1, 0.15) is 60.9 Å². The Morgan fingerprint density at radius 2 is 1.74 bits per heavy atom. The molecule has 0 spiro atoms. The van der Waals surface area contributed by atoms with Crippen molar-refractivity contribution in [1.82, 2.24) is 16.0 Å². The third-order valence-electron chi connectivity index (χ3n) is 7.98. The van der Waals surface area contributed by atoms with Gasteiger partial charge in [0.25, 0.3) is 5.91 Å². The number of phenolic OH excluding ortho intramolecular Hbond substituents is 1. The van der Waals surface area contributed by atoms with Crippen LogP contribution >= 0.6 is 11.8 Å². The SMILES string of the molecule is COc1ccc(CC(SCC2CCCCC2)C(CNC(=O)c2ccccc2O)NC(=O)C2CCNCC2)cc1. The Bertz CT molecular complexity index is 1050. The number of benzene rings is 2. The van der Waals surface area contributed by atoms with Gasteiger partial charge in [-0.2, -0.15) is 11.8 Å². The van der Waals surface area contributed by atoms with E-state index in [2.05, 4.69) is 28.1 Å². The summed E-state index contributed by atoms with van der Waals surface area (Å²) in [6.45, 7) is 1.99. The maximum atomic E-state index is 13.4. The molecule has 1 saturated carbocycles. The predicted octanol–water partition coefficient (Wildman–Crippen LogP) is 4.54. The monoisotopic (exact) mass is 553 g/mol. The van der Waals surface area contributed by atoms with Gasteiger partial charge in [0.1, 0.15) is 11.5 Å². The minimum absolute atomic E-state index is 0.0207. The molecule has 2 unspecified atom stereocenters. The van der Waals surface area contributed by atoms with Crippen molar-refractivity contribution < 1.29 is 19.4 Å². The number of para-hydroxylation sites is 1. The Morgan fingerprint density at radius 3 is 2.44 bits per heavy atom. The van der Waals surface area contributed by atoms with Gasteiger partial charge in [0.15, 0.2) is 0 Å². The minimum atomic E-state index is -0.338. The smallest absolute Gasteiger partial charge is 0.255 e. The van der Waals surface area contributed by atoms with Gasteiger partial charge in [0.2, 0.25) is 5.91 Å². The fourth-order valence-corrected chi connectivity index (χ4v) is 7.11. The van der Waals surface area contributed by atoms with E-state index in [1.807, 2.05) is 23.9 Å². The van der Waals surface area contributed by atoms with E-state index in [1.165, 1.54) is 43.7 Å². The lowest BCUT2D eigenvalue weighted by Crippen LogP contribution is -2.52. The maximum Gasteiger partial charge on any atom is 0.255 e. The summed E-state index contributed by atoms with van der Waals surface area (Å²) < 4.78 is 5.35. The predicted molar refractivity (Wildman–Crippen MR) is 157 cm³/mol. The van der Waals surface area contributed by atoms with Crippen LogP contribution < -0.4 is 20.7 Å². The molecule has 0 radical (unpaired) electrons. The summed E-state index contributed by atoms with van der Waals surface area (Å²) >= 11 is 1.92. The Balaban J connectivity index is 1.53. The van der Waals surface area contributed by atoms with Crippen molar-refractivity contribution in [3.63, 3.8) is 0 Å². The zero-order valence-corrected chi connectivity index (χ0v) is 23.8. The van der Waals surface area contributed by atoms with Gasteiger partial charge in [0, 0.05) is 17.7 Å². The molecule has 1 heterocycles. The molecule has 212 valence electrons. The molecule has 8 heteroatoms. The lowest BCUT2D eigenvalue weighted by atomic mass is 9.91. The first-order valence-corrected chi connectivity index (χ1v) is 15.4. The van der Waals surface area contributed by atoms with E-state index in [1.54, 1.807) is 25.3 Å². The van der Waals surface area contributed by atoms with E-state index in [0.717, 1.165) is 43.9 Å². The van der Waals surface area contributed by atoms with Crippen LogP contribution in [0.25, 0.3) is 0 Å². The van der Waals surface area contributed by atoms with Gasteiger partial charge in [-0.05, 0) is 86.7 Å². The van der Waals surface area contributed by atoms with Gasteiger partial charge in [-0.25, -0.2) is 0 Å². The highest BCUT2D eigenvalue weighted by Gasteiger charge is 2.30. The van der Waals surface area contributed by atoms with Crippen LogP contribution in [0.3, 0.4) is 0 Å². The molecule has 0 aromatic heterocycles. The molecular formula is C31H43N3O4S. The summed E-state index contributed by atoms with van der Waals surface area (Å²) in [7, 11) is 1.66. The van der Waals surface area contributed by atoms with E-state index in [9.17, 15) is 14.7 Å². The van der Waals surface area contributed by atoms with Gasteiger partial charge in [-0.1, -0.05) is 43.5 Å². The minimum Gasteiger partial charge on any atom is -0.507 e. The molecule has 2 amide bonds. The van der Waals surface area contributed by atoms with E-state index in [0.29, 0.717) is 12.5 Å². The zero-order valence-electron chi connectivity index (χ0n) is 23.0. The fraction of sp³-hybridized carbons (Fsp3) is 0.548. The summed E-state index contributed by atoms with van der Waals surface area (Å²) in [6, 6.07) is 14.4. The molecule has 4 N–H and O–H groups in total. The number of methoxy groups -OCH3 is 1. The third-order valence-corrected chi connectivity index (χ3v) is 9.57. The van der Waals surface area contributed by atoms with E-state index >= 15 is 0 Å². The highest BCUT2D eigenvalue weighted by molar-refractivity contribution is 7.99. The van der Waals surface area contributed by atoms with Crippen molar-refractivity contribution in [3.8, 4) is 11.5 Å². The van der Waals surface area contributed by atoms with Gasteiger partial charge in [0.05, 0.1) is 18.7 Å². The molecule has 2 atom stereocenters. The highest BCUT2D eigenvalue weighted by atomic mass is 32.2. The van der Waals surface area contributed by atoms with Crippen molar-refractivity contribution in [2.24, 2.45) is 11.8 Å². The topological polar surface area (TPSA) is 99.7 Å². The number of ether oxygens (including phenoxy) is 1. The first-order valence-electron chi connectivity index (χ1n) is 14.3. The average Bonchev–Trinajstić information content (AvgIpc) is 2.98. The number of thioether (sulfide) groups is 1. The molecule has 4 rings (SSSR count). The molecule has 1 aliphatic heterocycles. The largest absolute Gasteiger partial charge is 0.507 e. The van der Waals surface area contributed by atoms with Crippen molar-refractivity contribution in [3.05, 3.63) is 59.7 Å². The Kier molecular flexibility index (Phi) is 11.4. The summed E-state index contributed by atoms with van der Waals surface area (Å²) in [4.78, 5) is 26.4. The quantitative estimate of drug-likeness (QED) is 0.308. The highest BCUT2D eigenvalue weighted by Crippen LogP contribution is 2.31. The fourth-order valence-electron chi connectivity index (χ4n) is 5.55. The summed E-state index contributed by atoms with van der Waals surface area (Å²) in [5.41, 5.74) is 1.41. The number of amides is 2. The van der Waals surface area contributed by atoms with Crippen LogP contribution in [0.15, 0.2) is 48.5 Å². The van der Waals surface area contributed by atoms with Crippen molar-refractivity contribution in [2.75, 3.05) is 32.5 Å². The molecule has 2 aliphatic rings. The van der Waals surface area contributed by atoms with Crippen molar-refractivity contribution in [1.29, 1.82) is 0 Å². The average molecular weight is 554 g/mol. The number of nitrogens with one attached hydrogen (secondary N) is 3. The number of piperidine rings is 1. The van der Waals surface area contributed by atoms with Gasteiger partial charge >= 0.3 is 0 Å². The number of hydrogen-bond acceptors (Lipinski definition) is 6. The molecule has 2 fully saturated rings. The lowest BCUT2D eigenvalue weighted by Gasteiger charge is -2.32. The molecular weight excluding hydrogens is 510 g/mol. The summed E-state index contributed by atoms with van der Waals surface area (Å²) in [5.74, 6) is 2.22. The van der Waals surface area contributed by atoms with Crippen molar-refractivity contribution >= 4 is 23.6 Å². The van der Waals surface area contributed by atoms with Gasteiger partial charge < -0.3 is 25.8 Å². The first kappa shape index (κ1) is 29.3. The Morgan fingerprint density at radius 1 is 1.03 bits per heavy atom. The Labute approximate surface area is 236 Å². The van der Waals surface area contributed by atoms with E-state index < -0.39 is 0 Å². The van der Waals surface area contributed by atoms with Crippen LogP contribution in [0.4, 0.5) is 0 Å². The molecule has 39 heavy (non-hydrogen) atoms. The zero-order chi connectivity index (χ0) is 27.5. The number of aromatic hydroxyl groups is 1. The second-order valence-corrected chi connectivity index (χ2v) is 12.1. The number of rotatable bonds is 12. The normalized spacial score (nSPS) is 18.2. The molecule has 1 aliphatic carbocycles. The number of carbonyl (C=O) groups excluding carboxylic acids is 2. The first-order chi connectivity index (χ1) is 19.0. The maximum absolute atomic E-state index is 13.4. The van der Waals surface area contributed by atoms with E-state index in [-0.39, 0.29) is 40.3 Å². The molecule has 2 aromatic rings. The number of hydrogen-bond donors (Lipinski definition) is 4. The third kappa shape index (κ3) is 8.90. The van der Waals surface area contributed by atoms with Crippen molar-refractivity contribution in [2.45, 2.75) is 62.7 Å². The second kappa shape index (κ2) is 15.2. The van der Waals surface area contributed by atoms with Gasteiger partial charge in [-0.3, -0.25) is 9.59 Å². The van der Waals surface area contributed by atoms with Crippen LogP contribution in [-0.2, 0) is 11.2 Å². The lowest BCUT2D eigenvalue weighted by molar-refractivity contribution is -0.126. The molecule has 0 bridgehead atoms. The molecule has 2 aromatic carbocycles. The molecule has 1 saturated heterocycles. The Hall–Kier alpha value is -2.71. The number of carbonyl (C=O) groups is 2.